The smallest absolute Gasteiger partial charge is 0.237 e. The Morgan fingerprint density at radius 2 is 2.07 bits per heavy atom. The monoisotopic (exact) mass is 238 g/mol. The SMILES string of the molecule is CCOCCNC(=O)C(N)C(C)CC.Cl. The Bertz CT molecular complexity index is 168. The predicted octanol–water partition coefficient (Wildman–Crippen LogP) is 0.934. The molecule has 0 heterocycles. The number of rotatable bonds is 7. The fourth-order valence-corrected chi connectivity index (χ4v) is 1.02. The van der Waals surface area contributed by atoms with Gasteiger partial charge < -0.3 is 15.8 Å². The number of carbonyl (C=O) groups excluding carboxylic acids is 1. The normalized spacial score (nSPS) is 13.9. The molecule has 2 atom stereocenters. The summed E-state index contributed by atoms with van der Waals surface area (Å²) in [6, 6.07) is -0.401. The van der Waals surface area contributed by atoms with Crippen LogP contribution in [-0.4, -0.2) is 31.7 Å². The summed E-state index contributed by atoms with van der Waals surface area (Å²) in [7, 11) is 0. The largest absolute Gasteiger partial charge is 0.380 e. The summed E-state index contributed by atoms with van der Waals surface area (Å²) in [4.78, 5) is 11.4. The van der Waals surface area contributed by atoms with Crippen LogP contribution in [0.2, 0.25) is 0 Å². The second-order valence-corrected chi connectivity index (χ2v) is 3.40. The fraction of sp³-hybridized carbons (Fsp3) is 0.900. The Labute approximate surface area is 98.3 Å². The van der Waals surface area contributed by atoms with Crippen molar-refractivity contribution in [2.45, 2.75) is 33.2 Å². The zero-order valence-corrected chi connectivity index (χ0v) is 10.6. The first-order valence-corrected chi connectivity index (χ1v) is 5.24. The molecule has 5 heteroatoms. The molecule has 0 aromatic rings. The first-order chi connectivity index (χ1) is 6.63. The summed E-state index contributed by atoms with van der Waals surface area (Å²) in [5.74, 6) is 0.140. The van der Waals surface area contributed by atoms with E-state index in [9.17, 15) is 4.79 Å². The van der Waals surface area contributed by atoms with Gasteiger partial charge in [-0.3, -0.25) is 4.79 Å². The molecule has 0 radical (unpaired) electrons. The van der Waals surface area contributed by atoms with E-state index in [1.165, 1.54) is 0 Å². The Morgan fingerprint density at radius 3 is 2.53 bits per heavy atom. The van der Waals surface area contributed by atoms with Crippen LogP contribution in [0.25, 0.3) is 0 Å². The van der Waals surface area contributed by atoms with E-state index < -0.39 is 6.04 Å². The van der Waals surface area contributed by atoms with Crippen LogP contribution in [0.3, 0.4) is 0 Å². The molecular weight excluding hydrogens is 216 g/mol. The van der Waals surface area contributed by atoms with Crippen LogP contribution < -0.4 is 11.1 Å². The van der Waals surface area contributed by atoms with Gasteiger partial charge in [0.1, 0.15) is 0 Å². The van der Waals surface area contributed by atoms with Gasteiger partial charge in [-0.25, -0.2) is 0 Å². The topological polar surface area (TPSA) is 64.3 Å². The zero-order valence-electron chi connectivity index (χ0n) is 9.79. The van der Waals surface area contributed by atoms with Crippen molar-refractivity contribution in [1.29, 1.82) is 0 Å². The molecule has 4 nitrogen and oxygen atoms in total. The van der Waals surface area contributed by atoms with Gasteiger partial charge in [0.2, 0.25) is 5.91 Å². The van der Waals surface area contributed by atoms with E-state index in [0.29, 0.717) is 19.8 Å². The zero-order chi connectivity index (χ0) is 11.0. The molecule has 92 valence electrons. The first-order valence-electron chi connectivity index (χ1n) is 5.24. The second-order valence-electron chi connectivity index (χ2n) is 3.40. The minimum absolute atomic E-state index is 0. The van der Waals surface area contributed by atoms with Gasteiger partial charge in [-0.15, -0.1) is 12.4 Å². The van der Waals surface area contributed by atoms with Gasteiger partial charge in [0, 0.05) is 13.2 Å². The van der Waals surface area contributed by atoms with Crippen molar-refractivity contribution in [2.75, 3.05) is 19.8 Å². The third-order valence-electron chi connectivity index (χ3n) is 2.31. The highest BCUT2D eigenvalue weighted by Crippen LogP contribution is 2.04. The van der Waals surface area contributed by atoms with Crippen LogP contribution in [-0.2, 0) is 9.53 Å². The fourth-order valence-electron chi connectivity index (χ4n) is 1.02. The van der Waals surface area contributed by atoms with Crippen LogP contribution >= 0.6 is 12.4 Å². The highest BCUT2D eigenvalue weighted by Gasteiger charge is 2.18. The van der Waals surface area contributed by atoms with E-state index >= 15 is 0 Å². The Kier molecular flexibility index (Phi) is 11.6. The maximum absolute atomic E-state index is 11.4. The molecule has 0 aromatic carbocycles. The van der Waals surface area contributed by atoms with Crippen LogP contribution in [0, 0.1) is 5.92 Å². The summed E-state index contributed by atoms with van der Waals surface area (Å²) in [6.07, 6.45) is 0.917. The number of ether oxygens (including phenoxy) is 1. The van der Waals surface area contributed by atoms with Gasteiger partial charge in [0.25, 0.3) is 0 Å². The molecule has 2 unspecified atom stereocenters. The Hall–Kier alpha value is -0.320. The molecule has 0 aliphatic rings. The molecule has 3 N–H and O–H groups in total. The van der Waals surface area contributed by atoms with Crippen LogP contribution in [0.4, 0.5) is 0 Å². The molecule has 0 fully saturated rings. The van der Waals surface area contributed by atoms with Crippen molar-refractivity contribution in [3.8, 4) is 0 Å². The quantitative estimate of drug-likeness (QED) is 0.649. The summed E-state index contributed by atoms with van der Waals surface area (Å²) >= 11 is 0. The lowest BCUT2D eigenvalue weighted by Gasteiger charge is -2.17. The van der Waals surface area contributed by atoms with Crippen molar-refractivity contribution in [3.05, 3.63) is 0 Å². The van der Waals surface area contributed by atoms with Gasteiger partial charge in [0.15, 0.2) is 0 Å². The molecule has 0 bridgehead atoms. The van der Waals surface area contributed by atoms with Crippen molar-refractivity contribution in [3.63, 3.8) is 0 Å². The lowest BCUT2D eigenvalue weighted by atomic mass is 9.99. The summed E-state index contributed by atoms with van der Waals surface area (Å²) < 4.78 is 5.09. The van der Waals surface area contributed by atoms with Crippen LogP contribution in [0.1, 0.15) is 27.2 Å². The number of hydrogen-bond donors (Lipinski definition) is 2. The van der Waals surface area contributed by atoms with Crippen molar-refractivity contribution < 1.29 is 9.53 Å². The average molecular weight is 239 g/mol. The predicted molar refractivity (Wildman–Crippen MR) is 64.2 cm³/mol. The van der Waals surface area contributed by atoms with E-state index in [1.54, 1.807) is 0 Å². The molecular formula is C10H23ClN2O2. The van der Waals surface area contributed by atoms with E-state index in [-0.39, 0.29) is 24.2 Å². The number of carbonyl (C=O) groups is 1. The number of hydrogen-bond acceptors (Lipinski definition) is 3. The molecule has 0 saturated carbocycles. The molecule has 0 aliphatic heterocycles. The average Bonchev–Trinajstić information content (AvgIpc) is 2.21. The molecule has 0 aromatic heterocycles. The first kappa shape index (κ1) is 17.1. The van der Waals surface area contributed by atoms with E-state index in [1.807, 2.05) is 20.8 Å². The number of nitrogens with one attached hydrogen (secondary N) is 1. The molecule has 15 heavy (non-hydrogen) atoms. The molecule has 0 saturated heterocycles. The standard InChI is InChI=1S/C10H22N2O2.ClH/c1-4-8(3)9(11)10(13)12-6-7-14-5-2;/h8-9H,4-7,11H2,1-3H3,(H,12,13);1H. The third kappa shape index (κ3) is 7.59. The van der Waals surface area contributed by atoms with E-state index in [2.05, 4.69) is 5.32 Å². The number of halogens is 1. The van der Waals surface area contributed by atoms with Crippen LogP contribution in [0.5, 0.6) is 0 Å². The number of nitrogens with two attached hydrogens (primary N) is 1. The molecule has 1 amide bonds. The maximum atomic E-state index is 11.4. The summed E-state index contributed by atoms with van der Waals surface area (Å²) in [5.41, 5.74) is 5.73. The molecule has 0 spiro atoms. The molecule has 0 aliphatic carbocycles. The lowest BCUT2D eigenvalue weighted by molar-refractivity contribution is -0.123. The van der Waals surface area contributed by atoms with E-state index in [4.69, 9.17) is 10.5 Å². The minimum Gasteiger partial charge on any atom is -0.380 e. The van der Waals surface area contributed by atoms with Gasteiger partial charge >= 0.3 is 0 Å². The minimum atomic E-state index is -0.401. The van der Waals surface area contributed by atoms with Crippen molar-refractivity contribution in [1.82, 2.24) is 5.32 Å². The van der Waals surface area contributed by atoms with Crippen molar-refractivity contribution >= 4 is 18.3 Å². The van der Waals surface area contributed by atoms with Gasteiger partial charge in [0.05, 0.1) is 12.6 Å². The summed E-state index contributed by atoms with van der Waals surface area (Å²) in [5, 5.41) is 2.74. The van der Waals surface area contributed by atoms with Crippen LogP contribution in [0.15, 0.2) is 0 Å². The van der Waals surface area contributed by atoms with Gasteiger partial charge in [-0.2, -0.15) is 0 Å². The highest BCUT2D eigenvalue weighted by atomic mass is 35.5. The Balaban J connectivity index is 0. The van der Waals surface area contributed by atoms with Crippen molar-refractivity contribution in [2.24, 2.45) is 11.7 Å². The number of amides is 1. The van der Waals surface area contributed by atoms with Gasteiger partial charge in [-0.1, -0.05) is 20.3 Å². The maximum Gasteiger partial charge on any atom is 0.237 e. The Morgan fingerprint density at radius 1 is 1.47 bits per heavy atom. The van der Waals surface area contributed by atoms with E-state index in [0.717, 1.165) is 6.42 Å². The third-order valence-corrected chi connectivity index (χ3v) is 2.31. The van der Waals surface area contributed by atoms with Gasteiger partial charge in [-0.05, 0) is 12.8 Å². The lowest BCUT2D eigenvalue weighted by Crippen LogP contribution is -2.45. The molecule has 0 rings (SSSR count). The second kappa shape index (κ2) is 10.2. The highest BCUT2D eigenvalue weighted by molar-refractivity contribution is 5.85. The summed E-state index contributed by atoms with van der Waals surface area (Å²) in [6.45, 7) is 7.69.